The molecule has 0 unspecified atom stereocenters. The monoisotopic (exact) mass is 249 g/mol. The minimum atomic E-state index is 0.235. The van der Waals surface area contributed by atoms with Crippen LogP contribution in [0.5, 0.6) is 5.75 Å². The number of pyridine rings is 1. The first-order valence-corrected chi connectivity index (χ1v) is 5.84. The van der Waals surface area contributed by atoms with E-state index >= 15 is 0 Å². The van der Waals surface area contributed by atoms with Crippen LogP contribution in [0, 0.1) is 12.3 Å². The summed E-state index contributed by atoms with van der Waals surface area (Å²) in [5.74, 6) is 3.92. The number of rotatable bonds is 3. The molecule has 4 nitrogen and oxygen atoms in total. The Labute approximate surface area is 110 Å². The predicted octanol–water partition coefficient (Wildman–Crippen LogP) is 2.64. The van der Waals surface area contributed by atoms with E-state index < -0.39 is 0 Å². The molecule has 3 aromatic rings. The SMILES string of the molecule is C#CCOc1ccccc1-c1nc2ccncc2[nH]1. The minimum absolute atomic E-state index is 0.235. The van der Waals surface area contributed by atoms with E-state index in [-0.39, 0.29) is 6.61 Å². The molecular weight excluding hydrogens is 238 g/mol. The number of nitrogens with zero attached hydrogens (tertiary/aromatic N) is 2. The van der Waals surface area contributed by atoms with Crippen molar-refractivity contribution < 1.29 is 4.74 Å². The van der Waals surface area contributed by atoms with Crippen LogP contribution in [0.2, 0.25) is 0 Å². The van der Waals surface area contributed by atoms with Gasteiger partial charge in [-0.1, -0.05) is 18.1 Å². The average molecular weight is 249 g/mol. The maximum absolute atomic E-state index is 5.52. The van der Waals surface area contributed by atoms with E-state index in [9.17, 15) is 0 Å². The number of aromatic nitrogens is 3. The molecule has 0 bridgehead atoms. The van der Waals surface area contributed by atoms with Gasteiger partial charge in [0.15, 0.2) is 0 Å². The second-order valence-electron chi connectivity index (χ2n) is 3.97. The number of H-pyrrole nitrogens is 1. The smallest absolute Gasteiger partial charge is 0.148 e. The van der Waals surface area contributed by atoms with Gasteiger partial charge in [0, 0.05) is 6.20 Å². The van der Waals surface area contributed by atoms with E-state index in [0.29, 0.717) is 5.75 Å². The molecule has 0 fully saturated rings. The number of para-hydroxylation sites is 1. The number of imidazole rings is 1. The average Bonchev–Trinajstić information content (AvgIpc) is 2.89. The number of ether oxygens (including phenoxy) is 1. The number of hydrogen-bond acceptors (Lipinski definition) is 3. The molecule has 0 amide bonds. The highest BCUT2D eigenvalue weighted by Gasteiger charge is 2.10. The summed E-state index contributed by atoms with van der Waals surface area (Å²) in [5.41, 5.74) is 2.65. The van der Waals surface area contributed by atoms with Gasteiger partial charge in [-0.15, -0.1) is 6.42 Å². The van der Waals surface area contributed by atoms with Gasteiger partial charge in [0.1, 0.15) is 18.2 Å². The summed E-state index contributed by atoms with van der Waals surface area (Å²) in [6, 6.07) is 9.51. The fourth-order valence-corrected chi connectivity index (χ4v) is 1.89. The quantitative estimate of drug-likeness (QED) is 0.726. The second-order valence-corrected chi connectivity index (χ2v) is 3.97. The summed E-state index contributed by atoms with van der Waals surface area (Å²) in [4.78, 5) is 11.8. The molecule has 0 radical (unpaired) electrons. The molecule has 0 spiro atoms. The molecule has 0 atom stereocenters. The van der Waals surface area contributed by atoms with Gasteiger partial charge in [-0.3, -0.25) is 4.98 Å². The van der Waals surface area contributed by atoms with Crippen molar-refractivity contribution in [2.75, 3.05) is 6.61 Å². The van der Waals surface area contributed by atoms with Crippen LogP contribution in [0.15, 0.2) is 42.7 Å². The highest BCUT2D eigenvalue weighted by atomic mass is 16.5. The number of hydrogen-bond donors (Lipinski definition) is 1. The van der Waals surface area contributed by atoms with Crippen molar-refractivity contribution in [1.82, 2.24) is 15.0 Å². The van der Waals surface area contributed by atoms with Crippen LogP contribution in [0.4, 0.5) is 0 Å². The third kappa shape index (κ3) is 2.14. The third-order valence-corrected chi connectivity index (χ3v) is 2.74. The fourth-order valence-electron chi connectivity index (χ4n) is 1.89. The largest absolute Gasteiger partial charge is 0.480 e. The van der Waals surface area contributed by atoms with Crippen LogP contribution in [0.3, 0.4) is 0 Å². The summed E-state index contributed by atoms with van der Waals surface area (Å²) in [6.07, 6.45) is 8.68. The van der Waals surface area contributed by atoms with Gasteiger partial charge in [0.25, 0.3) is 0 Å². The molecule has 4 heteroatoms. The van der Waals surface area contributed by atoms with Crippen LogP contribution in [-0.2, 0) is 0 Å². The Morgan fingerprint density at radius 2 is 2.16 bits per heavy atom. The van der Waals surface area contributed by atoms with Crippen molar-refractivity contribution >= 4 is 11.0 Å². The Morgan fingerprint density at radius 1 is 1.26 bits per heavy atom. The van der Waals surface area contributed by atoms with Crippen molar-refractivity contribution in [2.45, 2.75) is 0 Å². The van der Waals surface area contributed by atoms with E-state index in [0.717, 1.165) is 22.4 Å². The van der Waals surface area contributed by atoms with Crippen molar-refractivity contribution in [3.63, 3.8) is 0 Å². The van der Waals surface area contributed by atoms with E-state index in [1.54, 1.807) is 12.4 Å². The normalized spacial score (nSPS) is 10.3. The Bertz CT molecular complexity index is 722. The Hall–Kier alpha value is -2.80. The lowest BCUT2D eigenvalue weighted by atomic mass is 10.2. The lowest BCUT2D eigenvalue weighted by Gasteiger charge is -2.06. The Morgan fingerprint density at radius 3 is 3.00 bits per heavy atom. The number of aromatic amines is 1. The lowest BCUT2D eigenvalue weighted by molar-refractivity contribution is 0.371. The van der Waals surface area contributed by atoms with Gasteiger partial charge in [-0.25, -0.2) is 4.98 Å². The first kappa shape index (κ1) is 11.3. The van der Waals surface area contributed by atoms with Crippen molar-refractivity contribution in [3.8, 4) is 29.5 Å². The summed E-state index contributed by atoms with van der Waals surface area (Å²) in [5, 5.41) is 0. The van der Waals surface area contributed by atoms with Crippen LogP contribution in [0.1, 0.15) is 0 Å². The minimum Gasteiger partial charge on any atom is -0.480 e. The van der Waals surface area contributed by atoms with Crippen LogP contribution >= 0.6 is 0 Å². The zero-order valence-corrected chi connectivity index (χ0v) is 10.1. The molecule has 3 rings (SSSR count). The van der Waals surface area contributed by atoms with E-state index in [4.69, 9.17) is 11.2 Å². The zero-order valence-electron chi connectivity index (χ0n) is 10.1. The molecule has 1 N–H and O–H groups in total. The van der Waals surface area contributed by atoms with Gasteiger partial charge in [-0.2, -0.15) is 0 Å². The van der Waals surface area contributed by atoms with E-state index in [1.807, 2.05) is 30.3 Å². The predicted molar refractivity (Wildman–Crippen MR) is 73.7 cm³/mol. The molecule has 19 heavy (non-hydrogen) atoms. The fraction of sp³-hybridized carbons (Fsp3) is 0.0667. The summed E-state index contributed by atoms with van der Waals surface area (Å²) in [6.45, 7) is 0.235. The van der Waals surface area contributed by atoms with Gasteiger partial charge in [0.2, 0.25) is 0 Å². The lowest BCUT2D eigenvalue weighted by Crippen LogP contribution is -1.96. The molecule has 0 aliphatic heterocycles. The summed E-state index contributed by atoms with van der Waals surface area (Å²) < 4.78 is 5.52. The first-order valence-electron chi connectivity index (χ1n) is 5.84. The zero-order chi connectivity index (χ0) is 13.1. The third-order valence-electron chi connectivity index (χ3n) is 2.74. The van der Waals surface area contributed by atoms with Crippen molar-refractivity contribution in [2.24, 2.45) is 0 Å². The number of terminal acetylenes is 1. The van der Waals surface area contributed by atoms with Gasteiger partial charge < -0.3 is 9.72 Å². The summed E-state index contributed by atoms with van der Waals surface area (Å²) in [7, 11) is 0. The molecule has 0 saturated carbocycles. The maximum Gasteiger partial charge on any atom is 0.148 e. The molecule has 0 aliphatic carbocycles. The number of benzene rings is 1. The standard InChI is InChI=1S/C15H11N3O/c1-2-9-19-14-6-4-3-5-11(14)15-17-12-7-8-16-10-13(12)18-15/h1,3-8,10H,9H2,(H,17,18). The van der Waals surface area contributed by atoms with Crippen LogP contribution in [-0.4, -0.2) is 21.6 Å². The number of fused-ring (bicyclic) bond motifs is 1. The van der Waals surface area contributed by atoms with E-state index in [1.165, 1.54) is 0 Å². The topological polar surface area (TPSA) is 50.8 Å². The van der Waals surface area contributed by atoms with Crippen molar-refractivity contribution in [3.05, 3.63) is 42.7 Å². The molecule has 2 heterocycles. The molecule has 0 aliphatic rings. The van der Waals surface area contributed by atoms with E-state index in [2.05, 4.69) is 20.9 Å². The Kier molecular flexibility index (Phi) is 2.87. The Balaban J connectivity index is 2.08. The second kappa shape index (κ2) is 4.83. The first-order chi connectivity index (χ1) is 9.38. The highest BCUT2D eigenvalue weighted by Crippen LogP contribution is 2.28. The maximum atomic E-state index is 5.52. The molecular formula is C15H11N3O. The highest BCUT2D eigenvalue weighted by molar-refractivity contribution is 5.79. The molecule has 92 valence electrons. The van der Waals surface area contributed by atoms with Gasteiger partial charge in [0.05, 0.1) is 22.8 Å². The molecule has 1 aromatic carbocycles. The molecule has 2 aromatic heterocycles. The van der Waals surface area contributed by atoms with Gasteiger partial charge in [-0.05, 0) is 18.2 Å². The summed E-state index contributed by atoms with van der Waals surface area (Å²) >= 11 is 0. The molecule has 0 saturated heterocycles. The number of nitrogens with one attached hydrogen (secondary N) is 1. The van der Waals surface area contributed by atoms with Crippen LogP contribution in [0.25, 0.3) is 22.4 Å². The van der Waals surface area contributed by atoms with Gasteiger partial charge >= 0.3 is 0 Å². The van der Waals surface area contributed by atoms with Crippen LogP contribution < -0.4 is 4.74 Å². The van der Waals surface area contributed by atoms with Crippen molar-refractivity contribution in [1.29, 1.82) is 0 Å².